The minimum atomic E-state index is 1.13. The number of aryl methyl sites for hydroxylation is 2. The molecule has 0 bridgehead atoms. The van der Waals surface area contributed by atoms with Gasteiger partial charge in [-0.25, -0.2) is 0 Å². The third kappa shape index (κ3) is 4.12. The molecule has 0 atom stereocenters. The van der Waals surface area contributed by atoms with Crippen molar-refractivity contribution in [2.75, 3.05) is 0 Å². The summed E-state index contributed by atoms with van der Waals surface area (Å²) in [5, 5.41) is 0. The van der Waals surface area contributed by atoms with Crippen LogP contribution in [0, 0.1) is 19.8 Å². The van der Waals surface area contributed by atoms with Crippen LogP contribution in [0.15, 0.2) is 24.3 Å². The van der Waals surface area contributed by atoms with Gasteiger partial charge in [0.2, 0.25) is 0 Å². The molecule has 0 saturated heterocycles. The summed E-state index contributed by atoms with van der Waals surface area (Å²) in [6, 6.07) is 8.36. The molecule has 0 heteroatoms. The predicted molar refractivity (Wildman–Crippen MR) is 58.9 cm³/mol. The van der Waals surface area contributed by atoms with Gasteiger partial charge in [-0.05, 0) is 30.9 Å². The van der Waals surface area contributed by atoms with Crippen LogP contribution >= 0.6 is 0 Å². The molecule has 1 aliphatic rings. The van der Waals surface area contributed by atoms with E-state index in [1.807, 2.05) is 0 Å². The van der Waals surface area contributed by atoms with Gasteiger partial charge in [0.05, 0.1) is 0 Å². The Hall–Kier alpha value is -0.780. The van der Waals surface area contributed by atoms with Crippen LogP contribution in [0.3, 0.4) is 0 Å². The fourth-order valence-corrected chi connectivity index (χ4v) is 1.19. The molecule has 0 nitrogen and oxygen atoms in total. The highest BCUT2D eigenvalue weighted by Crippen LogP contribution is 2.31. The van der Waals surface area contributed by atoms with Crippen molar-refractivity contribution in [1.29, 1.82) is 0 Å². The van der Waals surface area contributed by atoms with Gasteiger partial charge in [-0.2, -0.15) is 0 Å². The molecule has 0 aromatic heterocycles. The summed E-state index contributed by atoms with van der Waals surface area (Å²) >= 11 is 0. The smallest absolute Gasteiger partial charge is 0.0395 e. The Labute approximate surface area is 82.0 Å². The fraction of sp³-hybridized carbons (Fsp3) is 0.538. The minimum Gasteiger partial charge on any atom is -0.0651 e. The van der Waals surface area contributed by atoms with Gasteiger partial charge in [-0.1, -0.05) is 50.5 Å². The summed E-state index contributed by atoms with van der Waals surface area (Å²) in [7, 11) is 0. The zero-order chi connectivity index (χ0) is 9.68. The summed E-state index contributed by atoms with van der Waals surface area (Å²) in [5.41, 5.74) is 2.74. The molecule has 0 N–H and O–H groups in total. The minimum absolute atomic E-state index is 1.13. The van der Waals surface area contributed by atoms with E-state index in [1.165, 1.54) is 30.4 Å². The van der Waals surface area contributed by atoms with Crippen molar-refractivity contribution in [2.24, 2.45) is 5.92 Å². The molecule has 2 rings (SSSR count). The maximum atomic E-state index is 2.26. The maximum absolute atomic E-state index is 2.26. The maximum Gasteiger partial charge on any atom is -0.0395 e. The number of rotatable bonds is 1. The van der Waals surface area contributed by atoms with Crippen molar-refractivity contribution in [2.45, 2.75) is 40.0 Å². The third-order valence-electron chi connectivity index (χ3n) is 2.70. The van der Waals surface area contributed by atoms with E-state index in [-0.39, 0.29) is 0 Å². The molecule has 72 valence electrons. The predicted octanol–water partition coefficient (Wildman–Crippen LogP) is 4.11. The first kappa shape index (κ1) is 10.3. The fourth-order valence-electron chi connectivity index (χ4n) is 1.19. The molecule has 0 heterocycles. The Morgan fingerprint density at radius 1 is 1.08 bits per heavy atom. The highest BCUT2D eigenvalue weighted by atomic mass is 14.2. The van der Waals surface area contributed by atoms with Gasteiger partial charge >= 0.3 is 0 Å². The van der Waals surface area contributed by atoms with Gasteiger partial charge < -0.3 is 0 Å². The van der Waals surface area contributed by atoms with Gasteiger partial charge in [-0.15, -0.1) is 0 Å². The van der Waals surface area contributed by atoms with Crippen molar-refractivity contribution < 1.29 is 0 Å². The standard InChI is InChI=1S/C8H10.C5H10/c1-7-5-3-4-6-8(7)2;1-2-5-3-4-5/h3-6H,1-2H3;5H,2-4H2,1H3. The second-order valence-electron chi connectivity index (χ2n) is 3.94. The van der Waals surface area contributed by atoms with Crippen LogP contribution in [-0.2, 0) is 0 Å². The van der Waals surface area contributed by atoms with E-state index < -0.39 is 0 Å². The molecule has 1 fully saturated rings. The first-order valence-corrected chi connectivity index (χ1v) is 5.26. The van der Waals surface area contributed by atoms with E-state index >= 15 is 0 Å². The van der Waals surface area contributed by atoms with E-state index in [0.29, 0.717) is 0 Å². The Morgan fingerprint density at radius 3 is 1.69 bits per heavy atom. The zero-order valence-corrected chi connectivity index (χ0v) is 9.01. The number of hydrogen-bond donors (Lipinski definition) is 0. The van der Waals surface area contributed by atoms with Crippen molar-refractivity contribution in [3.8, 4) is 0 Å². The summed E-state index contributed by atoms with van der Waals surface area (Å²) in [6.07, 6.45) is 4.44. The molecule has 0 radical (unpaired) electrons. The van der Waals surface area contributed by atoms with E-state index in [0.717, 1.165) is 5.92 Å². The first-order chi connectivity index (χ1) is 6.24. The van der Waals surface area contributed by atoms with E-state index in [2.05, 4.69) is 45.0 Å². The molecule has 0 amide bonds. The largest absolute Gasteiger partial charge is 0.0651 e. The van der Waals surface area contributed by atoms with E-state index in [4.69, 9.17) is 0 Å². The first-order valence-electron chi connectivity index (χ1n) is 5.26. The lowest BCUT2D eigenvalue weighted by molar-refractivity contribution is 0.799. The van der Waals surface area contributed by atoms with Crippen LogP contribution in [0.2, 0.25) is 0 Å². The van der Waals surface area contributed by atoms with E-state index in [9.17, 15) is 0 Å². The van der Waals surface area contributed by atoms with Crippen LogP contribution in [-0.4, -0.2) is 0 Å². The van der Waals surface area contributed by atoms with Gasteiger partial charge in [0.25, 0.3) is 0 Å². The van der Waals surface area contributed by atoms with Crippen LogP contribution in [0.4, 0.5) is 0 Å². The average molecular weight is 176 g/mol. The third-order valence-corrected chi connectivity index (χ3v) is 2.70. The Morgan fingerprint density at radius 2 is 1.54 bits per heavy atom. The Kier molecular flexibility index (Phi) is 4.01. The zero-order valence-electron chi connectivity index (χ0n) is 9.01. The van der Waals surface area contributed by atoms with Gasteiger partial charge in [0.15, 0.2) is 0 Å². The van der Waals surface area contributed by atoms with Gasteiger partial charge in [-0.3, -0.25) is 0 Å². The Balaban J connectivity index is 0.000000145. The lowest BCUT2D eigenvalue weighted by Gasteiger charge is -1.93. The van der Waals surface area contributed by atoms with Crippen molar-refractivity contribution in [3.05, 3.63) is 35.4 Å². The van der Waals surface area contributed by atoms with Crippen molar-refractivity contribution in [3.63, 3.8) is 0 Å². The molecule has 0 spiro atoms. The van der Waals surface area contributed by atoms with E-state index in [1.54, 1.807) is 0 Å². The summed E-state index contributed by atoms with van der Waals surface area (Å²) in [5.74, 6) is 1.13. The average Bonchev–Trinajstić information content (AvgIpc) is 2.94. The van der Waals surface area contributed by atoms with Crippen LogP contribution < -0.4 is 0 Å². The lowest BCUT2D eigenvalue weighted by atomic mass is 10.1. The SMILES string of the molecule is CCC1CC1.Cc1ccccc1C. The molecule has 1 saturated carbocycles. The molecule has 0 unspecified atom stereocenters. The number of benzene rings is 1. The molecule has 13 heavy (non-hydrogen) atoms. The number of hydrogen-bond acceptors (Lipinski definition) is 0. The molecular formula is C13H20. The van der Waals surface area contributed by atoms with Crippen molar-refractivity contribution in [1.82, 2.24) is 0 Å². The molecule has 1 aromatic rings. The van der Waals surface area contributed by atoms with Crippen molar-refractivity contribution >= 4 is 0 Å². The normalized spacial score (nSPS) is 14.7. The molecular weight excluding hydrogens is 156 g/mol. The Bertz CT molecular complexity index is 225. The molecule has 1 aromatic carbocycles. The van der Waals surface area contributed by atoms with Crippen LogP contribution in [0.1, 0.15) is 37.3 Å². The van der Waals surface area contributed by atoms with Gasteiger partial charge in [0.1, 0.15) is 0 Å². The quantitative estimate of drug-likeness (QED) is 0.604. The summed E-state index contributed by atoms with van der Waals surface area (Å²) in [4.78, 5) is 0. The van der Waals surface area contributed by atoms with Gasteiger partial charge in [0, 0.05) is 0 Å². The van der Waals surface area contributed by atoms with Crippen LogP contribution in [0.25, 0.3) is 0 Å². The summed E-state index contributed by atoms with van der Waals surface area (Å²) < 4.78 is 0. The highest BCUT2D eigenvalue weighted by molar-refractivity contribution is 5.23. The molecule has 0 aliphatic heterocycles. The van der Waals surface area contributed by atoms with Crippen LogP contribution in [0.5, 0.6) is 0 Å². The lowest BCUT2D eigenvalue weighted by Crippen LogP contribution is -1.74. The topological polar surface area (TPSA) is 0 Å². The monoisotopic (exact) mass is 176 g/mol. The second kappa shape index (κ2) is 5.06. The second-order valence-corrected chi connectivity index (χ2v) is 3.94. The molecule has 1 aliphatic carbocycles. The summed E-state index contributed by atoms with van der Waals surface area (Å²) in [6.45, 7) is 6.50. The highest BCUT2D eigenvalue weighted by Gasteiger charge is 2.17.